The molecule has 4 bridgehead atoms. The zero-order valence-corrected chi connectivity index (χ0v) is 15.9. The number of carbonyl (C=O) groups is 2. The van der Waals surface area contributed by atoms with Gasteiger partial charge in [0, 0.05) is 11.5 Å². The predicted octanol–water partition coefficient (Wildman–Crippen LogP) is 3.44. The van der Waals surface area contributed by atoms with Crippen molar-refractivity contribution in [1.29, 1.82) is 0 Å². The van der Waals surface area contributed by atoms with Crippen LogP contribution in [0, 0.1) is 27.6 Å². The van der Waals surface area contributed by atoms with E-state index in [-0.39, 0.29) is 28.7 Å². The number of rotatable bonds is 2. The van der Waals surface area contributed by atoms with Gasteiger partial charge >= 0.3 is 5.97 Å². The summed E-state index contributed by atoms with van der Waals surface area (Å²) in [4.78, 5) is 25.7. The van der Waals surface area contributed by atoms with Gasteiger partial charge in [-0.1, -0.05) is 34.6 Å². The van der Waals surface area contributed by atoms with Crippen molar-refractivity contribution in [2.75, 3.05) is 0 Å². The molecule has 3 aliphatic carbocycles. The summed E-state index contributed by atoms with van der Waals surface area (Å²) < 4.78 is 5.75. The smallest absolute Gasteiger partial charge is 0.313 e. The van der Waals surface area contributed by atoms with E-state index >= 15 is 0 Å². The average Bonchev–Trinajstić information content (AvgIpc) is 2.97. The van der Waals surface area contributed by atoms with Crippen molar-refractivity contribution in [3.8, 4) is 0 Å². The van der Waals surface area contributed by atoms with Crippen LogP contribution in [0.4, 0.5) is 0 Å². The Morgan fingerprint density at radius 1 is 1.08 bits per heavy atom. The highest BCUT2D eigenvalue weighted by Crippen LogP contribution is 2.67. The van der Waals surface area contributed by atoms with Crippen LogP contribution in [0.2, 0.25) is 0 Å². The summed E-state index contributed by atoms with van der Waals surface area (Å²) in [6.07, 6.45) is 4.87. The minimum absolute atomic E-state index is 0.0587. The van der Waals surface area contributed by atoms with Gasteiger partial charge in [0.05, 0.1) is 5.41 Å². The van der Waals surface area contributed by atoms with Crippen molar-refractivity contribution in [2.45, 2.75) is 85.3 Å². The first kappa shape index (κ1) is 16.4. The Morgan fingerprint density at radius 2 is 1.75 bits per heavy atom. The minimum atomic E-state index is -0.985. The monoisotopic (exact) mass is 333 g/mol. The lowest BCUT2D eigenvalue weighted by atomic mass is 9.65. The van der Waals surface area contributed by atoms with Gasteiger partial charge in [0.2, 0.25) is 0 Å². The Hall–Kier alpha value is -1.06. The first-order valence-corrected chi connectivity index (χ1v) is 9.47. The normalized spacial score (nSPS) is 50.2. The number of esters is 1. The molecule has 0 aromatic carbocycles. The lowest BCUT2D eigenvalue weighted by Gasteiger charge is -2.42. The highest BCUT2D eigenvalue weighted by molar-refractivity contribution is 5.96. The third-order valence-electron chi connectivity index (χ3n) is 9.55. The van der Waals surface area contributed by atoms with Crippen molar-refractivity contribution >= 4 is 11.9 Å². The van der Waals surface area contributed by atoms with Crippen molar-refractivity contribution in [1.82, 2.24) is 5.32 Å². The van der Waals surface area contributed by atoms with E-state index in [1.807, 2.05) is 20.8 Å². The average molecular weight is 333 g/mol. The third kappa shape index (κ3) is 1.44. The van der Waals surface area contributed by atoms with Crippen LogP contribution in [0.15, 0.2) is 0 Å². The Balaban J connectivity index is 1.62. The number of hydrogen-bond donors (Lipinski definition) is 1. The van der Waals surface area contributed by atoms with Gasteiger partial charge in [0.25, 0.3) is 5.91 Å². The number of fused-ring (bicyclic) bond motifs is 4. The number of amides is 1. The molecule has 5 atom stereocenters. The zero-order chi connectivity index (χ0) is 17.8. The lowest BCUT2D eigenvalue weighted by molar-refractivity contribution is -0.169. The number of carbonyl (C=O) groups excluding carboxylic acids is 2. The van der Waals surface area contributed by atoms with Crippen LogP contribution in [0.3, 0.4) is 0 Å². The molecule has 4 rings (SSSR count). The van der Waals surface area contributed by atoms with Crippen molar-refractivity contribution in [3.05, 3.63) is 0 Å². The van der Waals surface area contributed by atoms with E-state index < -0.39 is 16.4 Å². The molecule has 3 saturated carbocycles. The van der Waals surface area contributed by atoms with Crippen LogP contribution in [-0.2, 0) is 14.3 Å². The van der Waals surface area contributed by atoms with Gasteiger partial charge < -0.3 is 10.1 Å². The van der Waals surface area contributed by atoms with E-state index in [1.165, 1.54) is 12.8 Å². The highest BCUT2D eigenvalue weighted by Gasteiger charge is 2.76. The Morgan fingerprint density at radius 3 is 2.17 bits per heavy atom. The standard InChI is InChI=1S/C20H31NO3/c1-16(2)12-7-8-18(16,5)13(11-12)21-14(22)20-10-9-19(6,15(23)24-20)17(20,3)4/h12-13H,7-11H2,1-6H3,(H,21,22)/t12-,13-,18-,19+,20-/m1/s1. The van der Waals surface area contributed by atoms with Crippen LogP contribution >= 0.6 is 0 Å². The second-order valence-electron chi connectivity index (χ2n) is 10.3. The fourth-order valence-corrected chi connectivity index (χ4v) is 6.44. The maximum Gasteiger partial charge on any atom is 0.313 e. The molecular formula is C20H31NO3. The molecule has 4 aliphatic rings. The van der Waals surface area contributed by atoms with E-state index in [2.05, 4.69) is 26.1 Å². The molecule has 4 fully saturated rings. The lowest BCUT2D eigenvalue weighted by Crippen LogP contribution is -2.58. The number of hydrogen-bond acceptors (Lipinski definition) is 3. The first-order chi connectivity index (χ1) is 10.9. The molecule has 134 valence electrons. The van der Waals surface area contributed by atoms with Crippen molar-refractivity contribution < 1.29 is 14.3 Å². The number of ether oxygens (including phenoxy) is 1. The molecule has 1 aliphatic heterocycles. The van der Waals surface area contributed by atoms with E-state index in [9.17, 15) is 9.59 Å². The van der Waals surface area contributed by atoms with E-state index in [1.54, 1.807) is 0 Å². The minimum Gasteiger partial charge on any atom is -0.448 e. The summed E-state index contributed by atoms with van der Waals surface area (Å²) in [5, 5.41) is 3.34. The molecule has 4 nitrogen and oxygen atoms in total. The van der Waals surface area contributed by atoms with Crippen LogP contribution < -0.4 is 5.32 Å². The second kappa shape index (κ2) is 4.19. The Bertz CT molecular complexity index is 639. The van der Waals surface area contributed by atoms with Gasteiger partial charge in [0.15, 0.2) is 5.60 Å². The summed E-state index contributed by atoms with van der Waals surface area (Å²) in [5.74, 6) is 0.420. The van der Waals surface area contributed by atoms with Gasteiger partial charge in [-0.2, -0.15) is 0 Å². The molecular weight excluding hydrogens is 302 g/mol. The summed E-state index contributed by atoms with van der Waals surface area (Å²) in [7, 11) is 0. The van der Waals surface area contributed by atoms with Crippen molar-refractivity contribution in [2.24, 2.45) is 27.6 Å². The molecule has 1 saturated heterocycles. The quantitative estimate of drug-likeness (QED) is 0.788. The molecule has 24 heavy (non-hydrogen) atoms. The third-order valence-corrected chi connectivity index (χ3v) is 9.55. The SMILES string of the molecule is CC1(C)[C@@]2(C)CC[C@]1(C(=O)N[C@@H]1C[C@H]3CC[C@@]1(C)C3(C)C)OC2=O. The van der Waals surface area contributed by atoms with Crippen LogP contribution in [0.5, 0.6) is 0 Å². The summed E-state index contributed by atoms with van der Waals surface area (Å²) in [5.41, 5.74) is -1.59. The van der Waals surface area contributed by atoms with Crippen LogP contribution in [-0.4, -0.2) is 23.5 Å². The Kier molecular flexibility index (Phi) is 2.86. The van der Waals surface area contributed by atoms with Gasteiger partial charge in [-0.25, -0.2) is 0 Å². The molecule has 0 unspecified atom stereocenters. The van der Waals surface area contributed by atoms with E-state index in [4.69, 9.17) is 4.74 Å². The van der Waals surface area contributed by atoms with Gasteiger partial charge in [-0.3, -0.25) is 9.59 Å². The molecule has 0 aromatic heterocycles. The molecule has 1 N–H and O–H groups in total. The first-order valence-electron chi connectivity index (χ1n) is 9.47. The fourth-order valence-electron chi connectivity index (χ4n) is 6.44. The maximum atomic E-state index is 13.3. The fraction of sp³-hybridized carbons (Fsp3) is 0.900. The largest absolute Gasteiger partial charge is 0.448 e. The van der Waals surface area contributed by atoms with E-state index in [0.29, 0.717) is 12.3 Å². The van der Waals surface area contributed by atoms with Crippen molar-refractivity contribution in [3.63, 3.8) is 0 Å². The van der Waals surface area contributed by atoms with Gasteiger partial charge in [-0.05, 0) is 55.8 Å². The number of nitrogens with one attached hydrogen (secondary N) is 1. The maximum absolute atomic E-state index is 13.3. The molecule has 0 aromatic rings. The molecule has 1 heterocycles. The molecule has 0 spiro atoms. The van der Waals surface area contributed by atoms with Crippen LogP contribution in [0.1, 0.15) is 73.6 Å². The Labute approximate surface area is 145 Å². The zero-order valence-electron chi connectivity index (χ0n) is 15.9. The molecule has 4 heteroatoms. The second-order valence-corrected chi connectivity index (χ2v) is 10.3. The van der Waals surface area contributed by atoms with E-state index in [0.717, 1.165) is 12.8 Å². The summed E-state index contributed by atoms with van der Waals surface area (Å²) in [6, 6.07) is 0.190. The topological polar surface area (TPSA) is 55.4 Å². The predicted molar refractivity (Wildman–Crippen MR) is 91.1 cm³/mol. The van der Waals surface area contributed by atoms with Gasteiger partial charge in [-0.15, -0.1) is 0 Å². The highest BCUT2D eigenvalue weighted by atomic mass is 16.6. The van der Waals surface area contributed by atoms with Gasteiger partial charge in [0.1, 0.15) is 0 Å². The summed E-state index contributed by atoms with van der Waals surface area (Å²) in [6.45, 7) is 13.0. The van der Waals surface area contributed by atoms with Crippen LogP contribution in [0.25, 0.3) is 0 Å². The molecule has 1 amide bonds. The molecule has 0 radical (unpaired) electrons. The summed E-state index contributed by atoms with van der Waals surface area (Å²) >= 11 is 0.